The summed E-state index contributed by atoms with van der Waals surface area (Å²) in [6, 6.07) is 9.75. The summed E-state index contributed by atoms with van der Waals surface area (Å²) < 4.78 is 3.38. The molecule has 0 aliphatic carbocycles. The molecule has 4 N–H and O–H groups in total. The Labute approximate surface area is 143 Å². The van der Waals surface area contributed by atoms with Gasteiger partial charge < -0.3 is 15.8 Å². The van der Waals surface area contributed by atoms with E-state index in [2.05, 4.69) is 20.2 Å². The highest BCUT2D eigenvalue weighted by Crippen LogP contribution is 2.35. The van der Waals surface area contributed by atoms with Gasteiger partial charge in [0.05, 0.1) is 29.7 Å². The van der Waals surface area contributed by atoms with E-state index in [1.54, 1.807) is 9.36 Å². The molecule has 0 spiro atoms. The van der Waals surface area contributed by atoms with Crippen molar-refractivity contribution in [2.45, 2.75) is 13.5 Å². The zero-order valence-electron chi connectivity index (χ0n) is 14.1. The number of H-pyrrole nitrogens is 1. The lowest BCUT2D eigenvalue weighted by atomic mass is 10.1. The fourth-order valence-corrected chi connectivity index (χ4v) is 2.90. The van der Waals surface area contributed by atoms with Gasteiger partial charge in [-0.15, -0.1) is 0 Å². The number of nitrogens with two attached hydrogens (primary N) is 1. The number of para-hydroxylation sites is 2. The van der Waals surface area contributed by atoms with Crippen LogP contribution in [0.3, 0.4) is 0 Å². The maximum absolute atomic E-state index is 9.29. The van der Waals surface area contributed by atoms with Gasteiger partial charge in [0, 0.05) is 12.7 Å². The standard InChI is InChI=1S/C17H19N7O/c1-10-9-13(21-23(10)2)15-14(16(18)24(22-15)7-8-25)17-19-11-5-3-4-6-12(11)20-17/h3-6,9,25H,7-8,18H2,1-2H3,(H,19,20). The van der Waals surface area contributed by atoms with Crippen LogP contribution in [0.2, 0.25) is 0 Å². The van der Waals surface area contributed by atoms with Gasteiger partial charge in [0.2, 0.25) is 0 Å². The summed E-state index contributed by atoms with van der Waals surface area (Å²) in [5.74, 6) is 1.09. The van der Waals surface area contributed by atoms with Crippen molar-refractivity contribution in [3.05, 3.63) is 36.0 Å². The minimum absolute atomic E-state index is 0.0495. The molecule has 0 unspecified atom stereocenters. The van der Waals surface area contributed by atoms with E-state index < -0.39 is 0 Å². The molecule has 4 rings (SSSR count). The van der Waals surface area contributed by atoms with Crippen molar-refractivity contribution in [3.8, 4) is 22.8 Å². The third kappa shape index (κ3) is 2.47. The summed E-state index contributed by atoms with van der Waals surface area (Å²) in [6.45, 7) is 2.24. The SMILES string of the molecule is Cc1cc(-c2nn(CCO)c(N)c2-c2nc3ccccc3[nH]2)nn1C. The number of aromatic nitrogens is 6. The van der Waals surface area contributed by atoms with Crippen molar-refractivity contribution >= 4 is 16.9 Å². The Hall–Kier alpha value is -3.13. The number of nitrogen functional groups attached to an aromatic ring is 1. The van der Waals surface area contributed by atoms with Crippen LogP contribution in [0.5, 0.6) is 0 Å². The van der Waals surface area contributed by atoms with E-state index in [4.69, 9.17) is 5.73 Å². The minimum atomic E-state index is -0.0495. The van der Waals surface area contributed by atoms with Crippen molar-refractivity contribution in [1.82, 2.24) is 29.5 Å². The zero-order chi connectivity index (χ0) is 17.6. The molecule has 0 amide bonds. The van der Waals surface area contributed by atoms with E-state index in [-0.39, 0.29) is 6.61 Å². The first-order chi connectivity index (χ1) is 12.1. The van der Waals surface area contributed by atoms with E-state index in [0.717, 1.165) is 22.4 Å². The van der Waals surface area contributed by atoms with Gasteiger partial charge in [-0.1, -0.05) is 12.1 Å². The molecule has 1 aromatic carbocycles. The van der Waals surface area contributed by atoms with E-state index >= 15 is 0 Å². The minimum Gasteiger partial charge on any atom is -0.394 e. The Bertz CT molecular complexity index is 1000. The number of aliphatic hydroxyl groups excluding tert-OH is 1. The molecule has 4 aromatic rings. The lowest BCUT2D eigenvalue weighted by molar-refractivity contribution is 0.270. The fourth-order valence-electron chi connectivity index (χ4n) is 2.90. The summed E-state index contributed by atoms with van der Waals surface area (Å²) in [6.07, 6.45) is 0. The number of aliphatic hydroxyl groups is 1. The Morgan fingerprint density at radius 2 is 2.04 bits per heavy atom. The number of aryl methyl sites for hydroxylation is 2. The van der Waals surface area contributed by atoms with Gasteiger partial charge in [0.15, 0.2) is 0 Å². The molecular formula is C17H19N7O. The van der Waals surface area contributed by atoms with Crippen molar-refractivity contribution in [3.63, 3.8) is 0 Å². The Balaban J connectivity index is 1.95. The van der Waals surface area contributed by atoms with Crippen LogP contribution in [0.1, 0.15) is 5.69 Å². The lowest BCUT2D eigenvalue weighted by Crippen LogP contribution is -2.07. The molecule has 0 fully saturated rings. The maximum Gasteiger partial charge on any atom is 0.144 e. The molecule has 8 nitrogen and oxygen atoms in total. The Morgan fingerprint density at radius 1 is 1.24 bits per heavy atom. The largest absolute Gasteiger partial charge is 0.394 e. The molecule has 25 heavy (non-hydrogen) atoms. The summed E-state index contributed by atoms with van der Waals surface area (Å²) in [5, 5.41) is 18.4. The van der Waals surface area contributed by atoms with E-state index in [9.17, 15) is 5.11 Å². The molecule has 0 aliphatic rings. The number of imidazole rings is 1. The summed E-state index contributed by atoms with van der Waals surface area (Å²) in [4.78, 5) is 7.94. The number of benzene rings is 1. The Kier molecular flexibility index (Phi) is 3.54. The fraction of sp³-hybridized carbons (Fsp3) is 0.235. The molecule has 0 bridgehead atoms. The zero-order valence-corrected chi connectivity index (χ0v) is 14.1. The van der Waals surface area contributed by atoms with Gasteiger partial charge in [-0.3, -0.25) is 4.68 Å². The first kappa shape index (κ1) is 15.4. The van der Waals surface area contributed by atoms with Gasteiger partial charge in [-0.05, 0) is 25.1 Å². The molecule has 3 heterocycles. The number of hydrogen-bond acceptors (Lipinski definition) is 5. The molecule has 3 aromatic heterocycles. The molecular weight excluding hydrogens is 318 g/mol. The predicted octanol–water partition coefficient (Wildman–Crippen LogP) is 1.71. The van der Waals surface area contributed by atoms with Gasteiger partial charge in [-0.25, -0.2) is 9.67 Å². The average molecular weight is 337 g/mol. The van der Waals surface area contributed by atoms with Gasteiger partial charge >= 0.3 is 0 Å². The molecule has 0 radical (unpaired) electrons. The van der Waals surface area contributed by atoms with Crippen LogP contribution >= 0.6 is 0 Å². The van der Waals surface area contributed by atoms with Crippen LogP contribution < -0.4 is 5.73 Å². The van der Waals surface area contributed by atoms with Gasteiger partial charge in [0.25, 0.3) is 0 Å². The van der Waals surface area contributed by atoms with Crippen LogP contribution in [-0.4, -0.2) is 41.2 Å². The molecule has 8 heteroatoms. The number of nitrogens with one attached hydrogen (secondary N) is 1. The number of hydrogen-bond donors (Lipinski definition) is 3. The monoisotopic (exact) mass is 337 g/mol. The first-order valence-corrected chi connectivity index (χ1v) is 8.01. The third-order valence-corrected chi connectivity index (χ3v) is 4.29. The molecule has 0 saturated heterocycles. The molecule has 0 atom stereocenters. The second-order valence-electron chi connectivity index (χ2n) is 5.95. The Morgan fingerprint density at radius 3 is 2.72 bits per heavy atom. The summed E-state index contributed by atoms with van der Waals surface area (Å²) in [7, 11) is 1.88. The van der Waals surface area contributed by atoms with Crippen molar-refractivity contribution in [1.29, 1.82) is 0 Å². The van der Waals surface area contributed by atoms with Crippen LogP contribution in [0.15, 0.2) is 30.3 Å². The van der Waals surface area contributed by atoms with Crippen LogP contribution in [0.25, 0.3) is 33.8 Å². The molecule has 0 aliphatic heterocycles. The van der Waals surface area contributed by atoms with Gasteiger partial charge in [0.1, 0.15) is 23.0 Å². The summed E-state index contributed by atoms with van der Waals surface area (Å²) in [5.41, 5.74) is 11.2. The van der Waals surface area contributed by atoms with E-state index in [1.807, 2.05) is 44.3 Å². The van der Waals surface area contributed by atoms with Crippen LogP contribution in [-0.2, 0) is 13.6 Å². The normalized spacial score (nSPS) is 11.5. The third-order valence-electron chi connectivity index (χ3n) is 4.29. The van der Waals surface area contributed by atoms with Crippen molar-refractivity contribution < 1.29 is 5.11 Å². The van der Waals surface area contributed by atoms with Crippen molar-refractivity contribution in [2.24, 2.45) is 7.05 Å². The number of fused-ring (bicyclic) bond motifs is 1. The highest BCUT2D eigenvalue weighted by molar-refractivity contribution is 5.88. The van der Waals surface area contributed by atoms with E-state index in [1.165, 1.54) is 0 Å². The number of rotatable bonds is 4. The highest BCUT2D eigenvalue weighted by atomic mass is 16.3. The highest BCUT2D eigenvalue weighted by Gasteiger charge is 2.23. The number of aromatic amines is 1. The number of nitrogens with zero attached hydrogens (tertiary/aromatic N) is 5. The first-order valence-electron chi connectivity index (χ1n) is 8.01. The molecule has 0 saturated carbocycles. The predicted molar refractivity (Wildman–Crippen MR) is 95.8 cm³/mol. The van der Waals surface area contributed by atoms with E-state index in [0.29, 0.717) is 29.4 Å². The number of anilines is 1. The quantitative estimate of drug-likeness (QED) is 0.525. The summed E-state index contributed by atoms with van der Waals surface area (Å²) >= 11 is 0. The second-order valence-corrected chi connectivity index (χ2v) is 5.95. The molecule has 128 valence electrons. The van der Waals surface area contributed by atoms with Crippen LogP contribution in [0, 0.1) is 6.92 Å². The average Bonchev–Trinajstić information content (AvgIpc) is 3.25. The smallest absolute Gasteiger partial charge is 0.144 e. The van der Waals surface area contributed by atoms with Crippen LogP contribution in [0.4, 0.5) is 5.82 Å². The van der Waals surface area contributed by atoms with Crippen molar-refractivity contribution in [2.75, 3.05) is 12.3 Å². The van der Waals surface area contributed by atoms with Gasteiger partial charge in [-0.2, -0.15) is 10.2 Å². The maximum atomic E-state index is 9.29. The lowest BCUT2D eigenvalue weighted by Gasteiger charge is -2.01. The second kappa shape index (κ2) is 5.75. The topological polar surface area (TPSA) is 111 Å².